The van der Waals surface area contributed by atoms with E-state index in [9.17, 15) is 14.2 Å². The van der Waals surface area contributed by atoms with E-state index < -0.39 is 15.8 Å². The largest absolute Gasteiger partial charge is 0.504 e. The molecular weight excluding hydrogens is 324 g/mol. The first-order valence-corrected chi connectivity index (χ1v) is 9.38. The molecule has 0 fully saturated rings. The zero-order chi connectivity index (χ0) is 17.8. The molecule has 2 aromatic rings. The lowest BCUT2D eigenvalue weighted by Gasteiger charge is -2.44. The van der Waals surface area contributed by atoms with Crippen LogP contribution in [-0.4, -0.2) is 24.2 Å². The number of aliphatic hydroxyl groups excluding tert-OH is 1. The molecule has 1 aromatic carbocycles. The Morgan fingerprint density at radius 3 is 2.21 bits per heavy atom. The highest BCUT2D eigenvalue weighted by Gasteiger charge is 2.41. The van der Waals surface area contributed by atoms with Crippen LogP contribution in [0, 0.1) is 27.7 Å². The Morgan fingerprint density at radius 1 is 1.04 bits per heavy atom. The number of aliphatic hydroxyl groups is 1. The van der Waals surface area contributed by atoms with Crippen molar-refractivity contribution in [2.24, 2.45) is 0 Å². The third kappa shape index (κ3) is 2.42. The van der Waals surface area contributed by atoms with E-state index in [-0.39, 0.29) is 10.7 Å². The summed E-state index contributed by atoms with van der Waals surface area (Å²) in [5, 5.41) is 10.2. The normalized spacial score (nSPS) is 20.7. The van der Waals surface area contributed by atoms with Crippen LogP contribution in [0.4, 0.5) is 0 Å². The summed E-state index contributed by atoms with van der Waals surface area (Å²) in [6, 6.07) is 3.94. The van der Waals surface area contributed by atoms with E-state index in [4.69, 9.17) is 0 Å². The van der Waals surface area contributed by atoms with Crippen molar-refractivity contribution >= 4 is 21.3 Å². The number of nitrogens with zero attached hydrogens (tertiary/aromatic N) is 2. The van der Waals surface area contributed by atoms with E-state index in [1.807, 2.05) is 32.9 Å². The summed E-state index contributed by atoms with van der Waals surface area (Å²) in [5.41, 5.74) is 4.99. The molecule has 0 spiro atoms. The second-order valence-electron chi connectivity index (χ2n) is 6.43. The molecular formula is C18H22N2O3S. The van der Waals surface area contributed by atoms with Gasteiger partial charge in [0.25, 0.3) is 0 Å². The van der Waals surface area contributed by atoms with Gasteiger partial charge in [-0.15, -0.1) is 0 Å². The third-order valence-electron chi connectivity index (χ3n) is 4.44. The summed E-state index contributed by atoms with van der Waals surface area (Å²) in [5.74, 6) is -0.189. The number of fused-ring (bicyclic) bond motifs is 1. The lowest BCUT2D eigenvalue weighted by atomic mass is 9.98. The van der Waals surface area contributed by atoms with E-state index in [0.29, 0.717) is 22.6 Å². The Labute approximate surface area is 143 Å². The zero-order valence-corrected chi connectivity index (χ0v) is 15.3. The average Bonchev–Trinajstić information content (AvgIpc) is 2.47. The fourth-order valence-electron chi connectivity index (χ4n) is 3.35. The Balaban J connectivity index is 2.38. The topological polar surface area (TPSA) is 86.5 Å². The molecule has 1 aliphatic rings. The van der Waals surface area contributed by atoms with Crippen molar-refractivity contribution in [2.45, 2.75) is 39.9 Å². The first-order valence-electron chi connectivity index (χ1n) is 7.77. The molecule has 1 unspecified atom stereocenters. The smallest absolute Gasteiger partial charge is 0.167 e. The lowest BCUT2D eigenvalue weighted by molar-refractivity contribution is 0.475. The van der Waals surface area contributed by atoms with Crippen molar-refractivity contribution in [1.82, 2.24) is 9.97 Å². The van der Waals surface area contributed by atoms with Crippen LogP contribution in [0.5, 0.6) is 0 Å². The highest BCUT2D eigenvalue weighted by Crippen LogP contribution is 2.68. The summed E-state index contributed by atoms with van der Waals surface area (Å²) in [6.45, 7) is 9.31. The van der Waals surface area contributed by atoms with Gasteiger partial charge in [-0.2, -0.15) is 10.6 Å². The van der Waals surface area contributed by atoms with E-state index in [1.165, 1.54) is 0 Å². The Bertz CT molecular complexity index is 852. The van der Waals surface area contributed by atoms with Gasteiger partial charge in [-0.05, 0) is 45.7 Å². The van der Waals surface area contributed by atoms with Crippen LogP contribution in [0.2, 0.25) is 0 Å². The molecule has 2 heterocycles. The van der Waals surface area contributed by atoms with Gasteiger partial charge in [-0.25, -0.2) is 4.98 Å². The summed E-state index contributed by atoms with van der Waals surface area (Å²) >= 11 is 0. The van der Waals surface area contributed by atoms with Crippen LogP contribution < -0.4 is 0 Å². The van der Waals surface area contributed by atoms with Gasteiger partial charge in [-0.1, -0.05) is 17.7 Å². The number of benzene rings is 1. The monoisotopic (exact) mass is 346 g/mol. The second-order valence-corrected chi connectivity index (χ2v) is 8.73. The molecule has 0 aliphatic carbocycles. The van der Waals surface area contributed by atoms with Gasteiger partial charge in [0.15, 0.2) is 5.76 Å². The average molecular weight is 346 g/mol. The lowest BCUT2D eigenvalue weighted by Crippen LogP contribution is -2.20. The fourth-order valence-corrected chi connectivity index (χ4v) is 5.18. The van der Waals surface area contributed by atoms with Gasteiger partial charge in [0, 0.05) is 11.8 Å². The SMILES string of the molecule is Cc1cc(C)c(C2=C(O)c3ncc(C)nc3C(C)S2(O)O)c(C)c1. The third-order valence-corrected chi connectivity index (χ3v) is 6.65. The van der Waals surface area contributed by atoms with E-state index in [1.54, 1.807) is 20.0 Å². The number of hydrogen-bond donors (Lipinski definition) is 3. The molecule has 1 aromatic heterocycles. The van der Waals surface area contributed by atoms with E-state index in [0.717, 1.165) is 16.7 Å². The summed E-state index contributed by atoms with van der Waals surface area (Å²) < 4.78 is 21.9. The Morgan fingerprint density at radius 2 is 1.62 bits per heavy atom. The molecule has 0 saturated heterocycles. The maximum absolute atomic E-state index is 10.9. The van der Waals surface area contributed by atoms with Crippen LogP contribution in [-0.2, 0) is 0 Å². The van der Waals surface area contributed by atoms with Gasteiger partial charge in [0.2, 0.25) is 0 Å². The summed E-state index contributed by atoms with van der Waals surface area (Å²) in [6.07, 6.45) is 1.57. The maximum atomic E-state index is 10.9. The molecule has 24 heavy (non-hydrogen) atoms. The molecule has 3 N–H and O–H groups in total. The van der Waals surface area contributed by atoms with Crippen LogP contribution >= 0.6 is 10.6 Å². The number of aryl methyl sites for hydroxylation is 4. The first kappa shape index (κ1) is 17.0. The minimum Gasteiger partial charge on any atom is -0.504 e. The van der Waals surface area contributed by atoms with Crippen LogP contribution in [0.1, 0.15) is 51.5 Å². The summed E-state index contributed by atoms with van der Waals surface area (Å²) in [7, 11) is -3.27. The minimum atomic E-state index is -3.27. The Hall–Kier alpha value is -1.89. The molecule has 1 atom stereocenters. The molecule has 128 valence electrons. The number of aromatic nitrogens is 2. The van der Waals surface area contributed by atoms with Crippen LogP contribution in [0.3, 0.4) is 0 Å². The molecule has 0 radical (unpaired) electrons. The van der Waals surface area contributed by atoms with Crippen LogP contribution in [0.25, 0.3) is 10.7 Å². The van der Waals surface area contributed by atoms with E-state index in [2.05, 4.69) is 9.97 Å². The van der Waals surface area contributed by atoms with Crippen molar-refractivity contribution < 1.29 is 14.2 Å². The van der Waals surface area contributed by atoms with Gasteiger partial charge >= 0.3 is 0 Å². The number of rotatable bonds is 1. The van der Waals surface area contributed by atoms with Gasteiger partial charge in [0.05, 0.1) is 16.6 Å². The predicted octanol–water partition coefficient (Wildman–Crippen LogP) is 4.92. The van der Waals surface area contributed by atoms with Crippen molar-refractivity contribution in [3.63, 3.8) is 0 Å². The molecule has 6 heteroatoms. The van der Waals surface area contributed by atoms with Crippen molar-refractivity contribution in [3.05, 3.63) is 57.7 Å². The van der Waals surface area contributed by atoms with Crippen LogP contribution in [0.15, 0.2) is 18.3 Å². The minimum absolute atomic E-state index is 0.177. The molecule has 0 saturated carbocycles. The fraction of sp³-hybridized carbons (Fsp3) is 0.333. The Kier molecular flexibility index (Phi) is 3.94. The van der Waals surface area contributed by atoms with Crippen molar-refractivity contribution in [1.29, 1.82) is 0 Å². The highest BCUT2D eigenvalue weighted by molar-refractivity contribution is 8.32. The van der Waals surface area contributed by atoms with E-state index >= 15 is 0 Å². The quantitative estimate of drug-likeness (QED) is 0.682. The molecule has 0 bridgehead atoms. The van der Waals surface area contributed by atoms with Gasteiger partial charge < -0.3 is 5.11 Å². The molecule has 5 nitrogen and oxygen atoms in total. The zero-order valence-electron chi connectivity index (χ0n) is 14.5. The standard InChI is InChI=1S/C18H22N2O3S/c1-9-6-10(2)14(11(3)7-9)18-17(21)16-15(13(5)24(18,22)23)20-12(4)8-19-16/h6-8,13,21-23H,1-5H3. The molecule has 0 amide bonds. The second kappa shape index (κ2) is 5.58. The highest BCUT2D eigenvalue weighted by atomic mass is 32.3. The van der Waals surface area contributed by atoms with Gasteiger partial charge in [-0.3, -0.25) is 14.1 Å². The van der Waals surface area contributed by atoms with Crippen molar-refractivity contribution in [2.75, 3.05) is 0 Å². The summed E-state index contributed by atoms with van der Waals surface area (Å²) in [4.78, 5) is 8.84. The predicted molar refractivity (Wildman–Crippen MR) is 98.1 cm³/mol. The molecule has 3 rings (SSSR count). The first-order chi connectivity index (χ1) is 11.1. The van der Waals surface area contributed by atoms with Gasteiger partial charge in [0.1, 0.15) is 10.6 Å². The van der Waals surface area contributed by atoms with Crippen molar-refractivity contribution in [3.8, 4) is 0 Å². The number of hydrogen-bond acceptors (Lipinski definition) is 5. The maximum Gasteiger partial charge on any atom is 0.167 e. The molecule has 1 aliphatic heterocycles.